The molecule has 2 aromatic rings. The molecule has 0 aromatic heterocycles. The topological polar surface area (TPSA) is 76.7 Å². The third-order valence-electron chi connectivity index (χ3n) is 4.42. The molecular weight excluding hydrogens is 368 g/mol. The molecule has 2 aromatic carbocycles. The Labute approximate surface area is 172 Å². The van der Waals surface area contributed by atoms with E-state index in [9.17, 15) is 9.59 Å². The molecule has 2 N–H and O–H groups in total. The maximum atomic E-state index is 12.1. The number of carbonyl (C=O) groups is 2. The summed E-state index contributed by atoms with van der Waals surface area (Å²) in [6.07, 6.45) is 0. The minimum atomic E-state index is -0.237. The van der Waals surface area contributed by atoms with E-state index in [4.69, 9.17) is 9.47 Å². The van der Waals surface area contributed by atoms with Gasteiger partial charge in [-0.2, -0.15) is 0 Å². The molecule has 0 spiro atoms. The molecular formula is C23H30N2O4. The molecule has 0 fully saturated rings. The molecule has 0 bridgehead atoms. The Morgan fingerprint density at radius 3 is 1.83 bits per heavy atom. The molecule has 0 heterocycles. The molecule has 2 amide bonds. The summed E-state index contributed by atoms with van der Waals surface area (Å²) in [5, 5.41) is 5.57. The number of ether oxygens (including phenoxy) is 2. The summed E-state index contributed by atoms with van der Waals surface area (Å²) in [4.78, 5) is 24.1. The van der Waals surface area contributed by atoms with Gasteiger partial charge in [-0.15, -0.1) is 0 Å². The number of benzene rings is 2. The van der Waals surface area contributed by atoms with Crippen LogP contribution in [0.4, 0.5) is 0 Å². The normalized spacial score (nSPS) is 11.5. The Morgan fingerprint density at radius 2 is 1.31 bits per heavy atom. The first-order chi connectivity index (χ1) is 13.7. The van der Waals surface area contributed by atoms with Gasteiger partial charge in [0.2, 0.25) is 0 Å². The fourth-order valence-electron chi connectivity index (χ4n) is 2.70. The maximum absolute atomic E-state index is 12.1. The van der Waals surface area contributed by atoms with Crippen molar-refractivity contribution in [1.29, 1.82) is 0 Å². The minimum absolute atomic E-state index is 0.0687. The van der Waals surface area contributed by atoms with Crippen molar-refractivity contribution in [3.8, 4) is 11.5 Å². The molecule has 0 saturated carbocycles. The van der Waals surface area contributed by atoms with E-state index in [-0.39, 0.29) is 31.1 Å². The SMILES string of the molecule is Cc1ccc(C)c(OCC(=O)NC[C@H](C)NC(=O)COc2cc(C)ccc2C)c1. The average Bonchev–Trinajstić information content (AvgIpc) is 2.67. The molecule has 0 radical (unpaired) electrons. The molecule has 6 heteroatoms. The number of hydrogen-bond acceptors (Lipinski definition) is 4. The van der Waals surface area contributed by atoms with E-state index in [0.717, 1.165) is 22.3 Å². The summed E-state index contributed by atoms with van der Waals surface area (Å²) in [7, 11) is 0. The molecule has 0 unspecified atom stereocenters. The summed E-state index contributed by atoms with van der Waals surface area (Å²) in [6.45, 7) is 9.81. The van der Waals surface area contributed by atoms with Crippen LogP contribution in [0.3, 0.4) is 0 Å². The number of rotatable bonds is 9. The van der Waals surface area contributed by atoms with Gasteiger partial charge in [-0.3, -0.25) is 9.59 Å². The lowest BCUT2D eigenvalue weighted by Gasteiger charge is -2.16. The van der Waals surface area contributed by atoms with E-state index in [1.807, 2.05) is 71.0 Å². The smallest absolute Gasteiger partial charge is 0.258 e. The Bertz CT molecular complexity index is 864. The standard InChI is InChI=1S/C23H30N2O4/c1-15-6-8-17(3)20(10-15)28-13-22(26)24-12-19(5)25-23(27)14-29-21-11-16(2)7-9-18(21)4/h6-11,19H,12-14H2,1-5H3,(H,24,26)(H,25,27)/t19-/m0/s1. The van der Waals surface area contributed by atoms with Gasteiger partial charge in [-0.05, 0) is 69.0 Å². The number of carbonyl (C=O) groups excluding carboxylic acids is 2. The van der Waals surface area contributed by atoms with Crippen LogP contribution >= 0.6 is 0 Å². The summed E-state index contributed by atoms with van der Waals surface area (Å²) in [6, 6.07) is 11.5. The van der Waals surface area contributed by atoms with Crippen LogP contribution in [-0.4, -0.2) is 37.6 Å². The van der Waals surface area contributed by atoms with Crippen LogP contribution in [0.2, 0.25) is 0 Å². The first-order valence-electron chi connectivity index (χ1n) is 9.70. The van der Waals surface area contributed by atoms with Crippen molar-refractivity contribution >= 4 is 11.8 Å². The second kappa shape index (κ2) is 10.5. The van der Waals surface area contributed by atoms with E-state index in [1.54, 1.807) is 0 Å². The van der Waals surface area contributed by atoms with Gasteiger partial charge in [-0.25, -0.2) is 0 Å². The minimum Gasteiger partial charge on any atom is -0.483 e. The zero-order valence-corrected chi connectivity index (χ0v) is 17.8. The van der Waals surface area contributed by atoms with E-state index in [1.165, 1.54) is 0 Å². The quantitative estimate of drug-likeness (QED) is 0.681. The molecule has 0 aliphatic heterocycles. The van der Waals surface area contributed by atoms with E-state index in [0.29, 0.717) is 18.0 Å². The van der Waals surface area contributed by atoms with Gasteiger partial charge in [0.1, 0.15) is 11.5 Å². The third-order valence-corrected chi connectivity index (χ3v) is 4.42. The van der Waals surface area contributed by atoms with E-state index < -0.39 is 0 Å². The Balaban J connectivity index is 1.69. The molecule has 29 heavy (non-hydrogen) atoms. The predicted octanol–water partition coefficient (Wildman–Crippen LogP) is 3.00. The van der Waals surface area contributed by atoms with Gasteiger partial charge in [0.05, 0.1) is 0 Å². The molecule has 6 nitrogen and oxygen atoms in total. The van der Waals surface area contributed by atoms with Crippen LogP contribution in [0, 0.1) is 27.7 Å². The summed E-state index contributed by atoms with van der Waals surface area (Å²) < 4.78 is 11.2. The largest absolute Gasteiger partial charge is 0.483 e. The van der Waals surface area contributed by atoms with Crippen molar-refractivity contribution in [2.75, 3.05) is 19.8 Å². The van der Waals surface area contributed by atoms with Crippen LogP contribution < -0.4 is 20.1 Å². The zero-order valence-electron chi connectivity index (χ0n) is 17.8. The van der Waals surface area contributed by atoms with Crippen LogP contribution in [0.5, 0.6) is 11.5 Å². The highest BCUT2D eigenvalue weighted by Gasteiger charge is 2.11. The van der Waals surface area contributed by atoms with Crippen molar-refractivity contribution < 1.29 is 19.1 Å². The van der Waals surface area contributed by atoms with Gasteiger partial charge in [0.25, 0.3) is 11.8 Å². The molecule has 0 aliphatic carbocycles. The second-order valence-corrected chi connectivity index (χ2v) is 7.39. The van der Waals surface area contributed by atoms with Crippen LogP contribution in [0.1, 0.15) is 29.2 Å². The highest BCUT2D eigenvalue weighted by atomic mass is 16.5. The first kappa shape index (κ1) is 22.3. The van der Waals surface area contributed by atoms with Crippen molar-refractivity contribution in [2.45, 2.75) is 40.7 Å². The maximum Gasteiger partial charge on any atom is 0.258 e. The van der Waals surface area contributed by atoms with Gasteiger partial charge in [-0.1, -0.05) is 24.3 Å². The van der Waals surface area contributed by atoms with Crippen molar-refractivity contribution in [2.24, 2.45) is 0 Å². The van der Waals surface area contributed by atoms with Crippen molar-refractivity contribution in [3.63, 3.8) is 0 Å². The lowest BCUT2D eigenvalue weighted by Crippen LogP contribution is -2.44. The van der Waals surface area contributed by atoms with Gasteiger partial charge in [0, 0.05) is 12.6 Å². The second-order valence-electron chi connectivity index (χ2n) is 7.39. The summed E-state index contributed by atoms with van der Waals surface area (Å²) in [5.41, 5.74) is 4.11. The Kier molecular flexibility index (Phi) is 8.07. The summed E-state index contributed by atoms with van der Waals surface area (Å²) >= 11 is 0. The fraction of sp³-hybridized carbons (Fsp3) is 0.391. The van der Waals surface area contributed by atoms with E-state index >= 15 is 0 Å². The Morgan fingerprint density at radius 1 is 0.828 bits per heavy atom. The lowest BCUT2D eigenvalue weighted by atomic mass is 10.1. The highest BCUT2D eigenvalue weighted by molar-refractivity contribution is 5.79. The van der Waals surface area contributed by atoms with Crippen molar-refractivity contribution in [3.05, 3.63) is 58.7 Å². The summed E-state index contributed by atoms with van der Waals surface area (Å²) in [5.74, 6) is 0.924. The molecule has 156 valence electrons. The van der Waals surface area contributed by atoms with Gasteiger partial charge >= 0.3 is 0 Å². The van der Waals surface area contributed by atoms with Crippen molar-refractivity contribution in [1.82, 2.24) is 10.6 Å². The molecule has 0 saturated heterocycles. The first-order valence-corrected chi connectivity index (χ1v) is 9.70. The fourth-order valence-corrected chi connectivity index (χ4v) is 2.70. The molecule has 0 aliphatic rings. The number of amides is 2. The number of nitrogens with one attached hydrogen (secondary N) is 2. The Hall–Kier alpha value is -3.02. The van der Waals surface area contributed by atoms with Crippen LogP contribution in [-0.2, 0) is 9.59 Å². The molecule has 2 rings (SSSR count). The monoisotopic (exact) mass is 398 g/mol. The third kappa shape index (κ3) is 7.49. The average molecular weight is 399 g/mol. The van der Waals surface area contributed by atoms with Crippen LogP contribution in [0.15, 0.2) is 36.4 Å². The van der Waals surface area contributed by atoms with Crippen LogP contribution in [0.25, 0.3) is 0 Å². The highest BCUT2D eigenvalue weighted by Crippen LogP contribution is 2.19. The predicted molar refractivity (Wildman–Crippen MR) is 113 cm³/mol. The van der Waals surface area contributed by atoms with Gasteiger partial charge in [0.15, 0.2) is 13.2 Å². The van der Waals surface area contributed by atoms with E-state index in [2.05, 4.69) is 10.6 Å². The molecule has 1 atom stereocenters. The zero-order chi connectivity index (χ0) is 21.4. The van der Waals surface area contributed by atoms with Gasteiger partial charge < -0.3 is 20.1 Å². The lowest BCUT2D eigenvalue weighted by molar-refractivity contribution is -0.125. The number of hydrogen-bond donors (Lipinski definition) is 2. The number of aryl methyl sites for hydroxylation is 4.